The number of thiazole rings is 1. The Bertz CT molecular complexity index is 476. The van der Waals surface area contributed by atoms with Gasteiger partial charge in [-0.3, -0.25) is 0 Å². The van der Waals surface area contributed by atoms with Crippen molar-refractivity contribution in [2.24, 2.45) is 0 Å². The maximum absolute atomic E-state index is 12.7. The van der Waals surface area contributed by atoms with Crippen LogP contribution in [0.2, 0.25) is 0 Å². The summed E-state index contributed by atoms with van der Waals surface area (Å²) in [6.45, 7) is 4.31. The van der Waals surface area contributed by atoms with Crippen molar-refractivity contribution >= 4 is 16.5 Å². The minimum absolute atomic E-state index is 0.232. The highest BCUT2D eigenvalue weighted by atomic mass is 32.1. The van der Waals surface area contributed by atoms with Crippen LogP contribution in [0.3, 0.4) is 0 Å². The molecule has 16 heavy (non-hydrogen) atoms. The Morgan fingerprint density at radius 3 is 2.81 bits per heavy atom. The molecular formula is C12H11FN2S. The SMILES string of the molecule is C=CCNc1nc(-c2ccc(F)cc2)cs1. The first-order valence-electron chi connectivity index (χ1n) is 4.86. The van der Waals surface area contributed by atoms with E-state index in [2.05, 4.69) is 16.9 Å². The number of nitrogens with one attached hydrogen (secondary N) is 1. The predicted octanol–water partition coefficient (Wildman–Crippen LogP) is 3.55. The number of rotatable bonds is 4. The molecule has 0 spiro atoms. The van der Waals surface area contributed by atoms with Crippen molar-refractivity contribution in [3.63, 3.8) is 0 Å². The molecule has 1 aromatic heterocycles. The first-order valence-corrected chi connectivity index (χ1v) is 5.74. The average Bonchev–Trinajstić information content (AvgIpc) is 2.76. The van der Waals surface area contributed by atoms with Crippen molar-refractivity contribution in [3.8, 4) is 11.3 Å². The van der Waals surface area contributed by atoms with Crippen LogP contribution < -0.4 is 5.32 Å². The molecule has 0 atom stereocenters. The lowest BCUT2D eigenvalue weighted by atomic mass is 10.2. The van der Waals surface area contributed by atoms with Gasteiger partial charge in [0.1, 0.15) is 5.82 Å². The smallest absolute Gasteiger partial charge is 0.183 e. The monoisotopic (exact) mass is 234 g/mol. The summed E-state index contributed by atoms with van der Waals surface area (Å²) in [5, 5.41) is 5.90. The van der Waals surface area contributed by atoms with Crippen LogP contribution in [0.1, 0.15) is 0 Å². The third kappa shape index (κ3) is 2.46. The van der Waals surface area contributed by atoms with Gasteiger partial charge in [0, 0.05) is 17.5 Å². The van der Waals surface area contributed by atoms with Crippen LogP contribution >= 0.6 is 11.3 Å². The molecule has 4 heteroatoms. The number of hydrogen-bond acceptors (Lipinski definition) is 3. The van der Waals surface area contributed by atoms with Crippen LogP contribution in [0.15, 0.2) is 42.3 Å². The van der Waals surface area contributed by atoms with Crippen molar-refractivity contribution < 1.29 is 4.39 Å². The summed E-state index contributed by atoms with van der Waals surface area (Å²) in [6.07, 6.45) is 1.78. The molecule has 2 aromatic rings. The van der Waals surface area contributed by atoms with Gasteiger partial charge in [0.05, 0.1) is 5.69 Å². The summed E-state index contributed by atoms with van der Waals surface area (Å²) in [4.78, 5) is 4.38. The first-order chi connectivity index (χ1) is 7.79. The van der Waals surface area contributed by atoms with Gasteiger partial charge in [-0.15, -0.1) is 17.9 Å². The molecule has 0 aliphatic rings. The molecule has 0 aliphatic heterocycles. The number of benzene rings is 1. The molecule has 0 bridgehead atoms. The number of halogens is 1. The molecule has 82 valence electrons. The maximum Gasteiger partial charge on any atom is 0.183 e. The fourth-order valence-corrected chi connectivity index (χ4v) is 2.00. The van der Waals surface area contributed by atoms with Crippen molar-refractivity contribution in [3.05, 3.63) is 48.1 Å². The van der Waals surface area contributed by atoms with Gasteiger partial charge in [0.2, 0.25) is 0 Å². The summed E-state index contributed by atoms with van der Waals surface area (Å²) in [5.41, 5.74) is 1.78. The highest BCUT2D eigenvalue weighted by Gasteiger charge is 2.03. The summed E-state index contributed by atoms with van der Waals surface area (Å²) in [6, 6.07) is 6.32. The largest absolute Gasteiger partial charge is 0.358 e. The van der Waals surface area contributed by atoms with Gasteiger partial charge in [-0.25, -0.2) is 9.37 Å². The summed E-state index contributed by atoms with van der Waals surface area (Å²) in [7, 11) is 0. The molecule has 0 amide bonds. The van der Waals surface area contributed by atoms with E-state index in [9.17, 15) is 4.39 Å². The van der Waals surface area contributed by atoms with Gasteiger partial charge in [-0.1, -0.05) is 6.08 Å². The van der Waals surface area contributed by atoms with Gasteiger partial charge < -0.3 is 5.32 Å². The Balaban J connectivity index is 2.17. The Labute approximate surface area is 97.5 Å². The van der Waals surface area contributed by atoms with E-state index < -0.39 is 0 Å². The van der Waals surface area contributed by atoms with Crippen LogP contribution in [-0.2, 0) is 0 Å². The standard InChI is InChI=1S/C12H11FN2S/c1-2-7-14-12-15-11(8-16-12)9-3-5-10(13)6-4-9/h2-6,8H,1,7H2,(H,14,15). The lowest BCUT2D eigenvalue weighted by Crippen LogP contribution is -1.96. The summed E-state index contributed by atoms with van der Waals surface area (Å²) in [5.74, 6) is -0.232. The molecule has 0 unspecified atom stereocenters. The van der Waals surface area contributed by atoms with Crippen molar-refractivity contribution in [2.75, 3.05) is 11.9 Å². The molecule has 2 rings (SSSR count). The second kappa shape index (κ2) is 4.90. The third-order valence-corrected chi connectivity index (χ3v) is 2.84. The van der Waals surface area contributed by atoms with Gasteiger partial charge in [-0.2, -0.15) is 0 Å². The summed E-state index contributed by atoms with van der Waals surface area (Å²) >= 11 is 1.52. The molecule has 0 saturated carbocycles. The topological polar surface area (TPSA) is 24.9 Å². The zero-order chi connectivity index (χ0) is 11.4. The fourth-order valence-electron chi connectivity index (χ4n) is 1.27. The Morgan fingerprint density at radius 2 is 2.12 bits per heavy atom. The van der Waals surface area contributed by atoms with Crippen LogP contribution in [0, 0.1) is 5.82 Å². The molecular weight excluding hydrogens is 223 g/mol. The van der Waals surface area contributed by atoms with E-state index in [4.69, 9.17) is 0 Å². The van der Waals surface area contributed by atoms with Crippen molar-refractivity contribution in [1.29, 1.82) is 0 Å². The normalized spacial score (nSPS) is 10.1. The van der Waals surface area contributed by atoms with E-state index >= 15 is 0 Å². The van der Waals surface area contributed by atoms with Gasteiger partial charge in [-0.05, 0) is 24.3 Å². The zero-order valence-electron chi connectivity index (χ0n) is 8.61. The number of aromatic nitrogens is 1. The number of nitrogens with zero attached hydrogens (tertiary/aromatic N) is 1. The van der Waals surface area contributed by atoms with E-state index in [1.54, 1.807) is 18.2 Å². The fraction of sp³-hybridized carbons (Fsp3) is 0.0833. The predicted molar refractivity (Wildman–Crippen MR) is 66.2 cm³/mol. The van der Waals surface area contributed by atoms with Crippen LogP contribution in [0.4, 0.5) is 9.52 Å². The molecule has 1 aromatic carbocycles. The minimum Gasteiger partial charge on any atom is -0.358 e. The molecule has 0 radical (unpaired) electrons. The molecule has 1 N–H and O–H groups in total. The van der Waals surface area contributed by atoms with Crippen LogP contribution in [0.5, 0.6) is 0 Å². The Kier molecular flexibility index (Phi) is 3.31. The first kappa shape index (κ1) is 10.8. The van der Waals surface area contributed by atoms with Gasteiger partial charge in [0.25, 0.3) is 0 Å². The quantitative estimate of drug-likeness (QED) is 0.818. The van der Waals surface area contributed by atoms with Crippen molar-refractivity contribution in [2.45, 2.75) is 0 Å². The van der Waals surface area contributed by atoms with E-state index in [1.165, 1.54) is 23.5 Å². The lowest BCUT2D eigenvalue weighted by Gasteiger charge is -1.97. The van der Waals surface area contributed by atoms with E-state index in [-0.39, 0.29) is 5.82 Å². The van der Waals surface area contributed by atoms with E-state index in [0.29, 0.717) is 6.54 Å². The second-order valence-electron chi connectivity index (χ2n) is 3.21. The highest BCUT2D eigenvalue weighted by Crippen LogP contribution is 2.24. The maximum atomic E-state index is 12.7. The second-order valence-corrected chi connectivity index (χ2v) is 4.07. The Hall–Kier alpha value is -1.68. The molecule has 0 fully saturated rings. The minimum atomic E-state index is -0.232. The number of hydrogen-bond donors (Lipinski definition) is 1. The average molecular weight is 234 g/mol. The van der Waals surface area contributed by atoms with E-state index in [1.807, 2.05) is 5.38 Å². The Morgan fingerprint density at radius 1 is 1.38 bits per heavy atom. The molecule has 0 aliphatic carbocycles. The van der Waals surface area contributed by atoms with Crippen LogP contribution in [0.25, 0.3) is 11.3 Å². The third-order valence-electron chi connectivity index (χ3n) is 2.04. The molecule has 0 saturated heterocycles. The molecule has 1 heterocycles. The number of anilines is 1. The zero-order valence-corrected chi connectivity index (χ0v) is 9.43. The van der Waals surface area contributed by atoms with Crippen LogP contribution in [-0.4, -0.2) is 11.5 Å². The van der Waals surface area contributed by atoms with Gasteiger partial charge in [0.15, 0.2) is 5.13 Å². The van der Waals surface area contributed by atoms with Gasteiger partial charge >= 0.3 is 0 Å². The lowest BCUT2D eigenvalue weighted by molar-refractivity contribution is 0.628. The van der Waals surface area contributed by atoms with E-state index in [0.717, 1.165) is 16.4 Å². The highest BCUT2D eigenvalue weighted by molar-refractivity contribution is 7.14. The van der Waals surface area contributed by atoms with Crippen molar-refractivity contribution in [1.82, 2.24) is 4.98 Å². The summed E-state index contributed by atoms with van der Waals surface area (Å²) < 4.78 is 12.7. The molecule has 2 nitrogen and oxygen atoms in total.